The van der Waals surface area contributed by atoms with E-state index in [0.29, 0.717) is 13.1 Å². The van der Waals surface area contributed by atoms with Crippen LogP contribution >= 0.6 is 0 Å². The van der Waals surface area contributed by atoms with Gasteiger partial charge in [0.15, 0.2) is 0 Å². The highest BCUT2D eigenvalue weighted by Crippen LogP contribution is 2.28. The van der Waals surface area contributed by atoms with Gasteiger partial charge in [0.05, 0.1) is 0 Å². The molecule has 2 N–H and O–H groups in total. The van der Waals surface area contributed by atoms with Crippen molar-refractivity contribution in [3.63, 3.8) is 0 Å². The Balaban J connectivity index is 1.89. The Hall–Kier alpha value is -1.93. The highest BCUT2D eigenvalue weighted by molar-refractivity contribution is 7.89. The highest BCUT2D eigenvalue weighted by Gasteiger charge is 2.32. The van der Waals surface area contributed by atoms with Crippen molar-refractivity contribution in [2.45, 2.75) is 23.7 Å². The second-order valence-electron chi connectivity index (χ2n) is 5.09. The molecular formula is C13H16N4O3S. The molecular weight excluding hydrogens is 292 g/mol. The molecule has 21 heavy (non-hydrogen) atoms. The van der Waals surface area contributed by atoms with E-state index in [-0.39, 0.29) is 10.8 Å². The maximum atomic E-state index is 12.6. The number of nitrogens with one attached hydrogen (secondary N) is 2. The molecule has 1 unspecified atom stereocenters. The van der Waals surface area contributed by atoms with E-state index >= 15 is 0 Å². The van der Waals surface area contributed by atoms with E-state index in [1.54, 1.807) is 6.20 Å². The third-order valence-corrected chi connectivity index (χ3v) is 5.64. The molecule has 2 aromatic rings. The van der Waals surface area contributed by atoms with Gasteiger partial charge in [-0.25, -0.2) is 8.42 Å². The van der Waals surface area contributed by atoms with E-state index < -0.39 is 15.5 Å². The molecule has 3 rings (SSSR count). The van der Waals surface area contributed by atoms with E-state index in [2.05, 4.69) is 15.2 Å². The van der Waals surface area contributed by atoms with Crippen LogP contribution in [0.5, 0.6) is 0 Å². The summed E-state index contributed by atoms with van der Waals surface area (Å²) in [5.74, 6) is 0.0822. The molecule has 8 heteroatoms. The molecule has 0 amide bonds. The van der Waals surface area contributed by atoms with Crippen LogP contribution in [0.25, 0.3) is 0 Å². The van der Waals surface area contributed by atoms with Gasteiger partial charge in [-0.2, -0.15) is 9.40 Å². The van der Waals surface area contributed by atoms with E-state index in [1.165, 1.54) is 22.8 Å². The van der Waals surface area contributed by atoms with Gasteiger partial charge in [0.2, 0.25) is 15.5 Å². The summed E-state index contributed by atoms with van der Waals surface area (Å²) >= 11 is 0. The maximum absolute atomic E-state index is 12.6. The van der Waals surface area contributed by atoms with Gasteiger partial charge in [-0.05, 0) is 18.9 Å². The summed E-state index contributed by atoms with van der Waals surface area (Å²) in [6, 6.07) is 3.08. The summed E-state index contributed by atoms with van der Waals surface area (Å²) in [5, 5.41) is 6.80. The van der Waals surface area contributed by atoms with Crippen LogP contribution in [-0.2, 0) is 10.0 Å². The van der Waals surface area contributed by atoms with Gasteiger partial charge >= 0.3 is 0 Å². The largest absolute Gasteiger partial charge is 0.366 e. The Morgan fingerprint density at radius 2 is 2.19 bits per heavy atom. The lowest BCUT2D eigenvalue weighted by Crippen LogP contribution is -2.40. The van der Waals surface area contributed by atoms with Crippen LogP contribution in [0.15, 0.2) is 40.4 Å². The van der Waals surface area contributed by atoms with Gasteiger partial charge in [0, 0.05) is 49.4 Å². The topological polar surface area (TPSA) is 98.9 Å². The van der Waals surface area contributed by atoms with E-state index in [4.69, 9.17) is 0 Å². The Labute approximate surface area is 122 Å². The van der Waals surface area contributed by atoms with Crippen molar-refractivity contribution in [3.8, 4) is 0 Å². The Kier molecular flexibility index (Phi) is 3.64. The zero-order chi connectivity index (χ0) is 14.9. The molecule has 3 heterocycles. The molecule has 7 nitrogen and oxygen atoms in total. The molecule has 1 atom stereocenters. The number of sulfonamides is 1. The third kappa shape index (κ3) is 2.64. The van der Waals surface area contributed by atoms with Crippen molar-refractivity contribution in [1.29, 1.82) is 0 Å². The lowest BCUT2D eigenvalue weighted by atomic mass is 9.96. The number of aromatic amines is 2. The van der Waals surface area contributed by atoms with E-state index in [9.17, 15) is 13.2 Å². The van der Waals surface area contributed by atoms with Gasteiger partial charge < -0.3 is 4.98 Å². The molecule has 0 bridgehead atoms. The minimum Gasteiger partial charge on any atom is -0.366 e. The van der Waals surface area contributed by atoms with Crippen LogP contribution in [0, 0.1) is 0 Å². The van der Waals surface area contributed by atoms with Crippen LogP contribution in [0.1, 0.15) is 24.5 Å². The van der Waals surface area contributed by atoms with Crippen LogP contribution in [-0.4, -0.2) is 41.0 Å². The molecule has 1 aliphatic heterocycles. The van der Waals surface area contributed by atoms with E-state index in [0.717, 1.165) is 18.5 Å². The predicted octanol–water partition coefficient (Wildman–Crippen LogP) is 0.666. The van der Waals surface area contributed by atoms with Gasteiger partial charge in [0.25, 0.3) is 0 Å². The second-order valence-corrected chi connectivity index (χ2v) is 6.99. The quantitative estimate of drug-likeness (QED) is 0.870. The predicted molar refractivity (Wildman–Crippen MR) is 76.4 cm³/mol. The number of hydrogen-bond acceptors (Lipinski definition) is 4. The van der Waals surface area contributed by atoms with Gasteiger partial charge in [-0.3, -0.25) is 9.89 Å². The molecule has 1 fully saturated rings. The fourth-order valence-corrected chi connectivity index (χ4v) is 4.21. The first kappa shape index (κ1) is 14.0. The first-order valence-electron chi connectivity index (χ1n) is 6.75. The van der Waals surface area contributed by atoms with Crippen molar-refractivity contribution < 1.29 is 8.42 Å². The minimum absolute atomic E-state index is 0.0822. The number of piperidine rings is 1. The third-order valence-electron chi connectivity index (χ3n) is 3.75. The average Bonchev–Trinajstić information content (AvgIpc) is 3.02. The minimum atomic E-state index is -3.76. The van der Waals surface area contributed by atoms with Gasteiger partial charge in [-0.1, -0.05) is 0 Å². The normalized spacial score (nSPS) is 20.5. The smallest absolute Gasteiger partial charge is 0.248 e. The van der Waals surface area contributed by atoms with Crippen LogP contribution in [0.3, 0.4) is 0 Å². The average molecular weight is 308 g/mol. The van der Waals surface area contributed by atoms with Gasteiger partial charge in [-0.15, -0.1) is 0 Å². The molecule has 0 radical (unpaired) electrons. The molecule has 0 aliphatic carbocycles. The highest BCUT2D eigenvalue weighted by atomic mass is 32.2. The number of H-pyrrole nitrogens is 2. The number of hydrogen-bond donors (Lipinski definition) is 2. The molecule has 2 aromatic heterocycles. The summed E-state index contributed by atoms with van der Waals surface area (Å²) in [6.07, 6.45) is 5.99. The first-order chi connectivity index (χ1) is 10.1. The zero-order valence-corrected chi connectivity index (χ0v) is 12.1. The van der Waals surface area contributed by atoms with Crippen LogP contribution in [0.4, 0.5) is 0 Å². The van der Waals surface area contributed by atoms with E-state index in [1.807, 2.05) is 6.07 Å². The zero-order valence-electron chi connectivity index (χ0n) is 11.3. The van der Waals surface area contributed by atoms with Crippen LogP contribution in [0.2, 0.25) is 0 Å². The molecule has 0 spiro atoms. The molecule has 1 aliphatic rings. The van der Waals surface area contributed by atoms with Gasteiger partial charge in [0.1, 0.15) is 4.90 Å². The summed E-state index contributed by atoms with van der Waals surface area (Å²) < 4.78 is 26.6. The van der Waals surface area contributed by atoms with Crippen LogP contribution < -0.4 is 5.43 Å². The lowest BCUT2D eigenvalue weighted by Gasteiger charge is -2.31. The Bertz CT molecular complexity index is 767. The number of pyridine rings is 1. The number of rotatable bonds is 3. The van der Waals surface area contributed by atoms with Crippen molar-refractivity contribution in [2.24, 2.45) is 0 Å². The summed E-state index contributed by atoms with van der Waals surface area (Å²) in [4.78, 5) is 14.2. The summed E-state index contributed by atoms with van der Waals surface area (Å²) in [5.41, 5.74) is 0.439. The first-order valence-corrected chi connectivity index (χ1v) is 8.19. The Morgan fingerprint density at radius 3 is 2.90 bits per heavy atom. The lowest BCUT2D eigenvalue weighted by molar-refractivity contribution is 0.312. The fraction of sp³-hybridized carbons (Fsp3) is 0.385. The van der Waals surface area contributed by atoms with Crippen molar-refractivity contribution in [2.75, 3.05) is 13.1 Å². The number of aromatic nitrogens is 3. The van der Waals surface area contributed by atoms with Crippen molar-refractivity contribution >= 4 is 10.0 Å². The molecule has 0 saturated carbocycles. The van der Waals surface area contributed by atoms with Crippen molar-refractivity contribution in [3.05, 3.63) is 46.6 Å². The second kappa shape index (κ2) is 5.45. The maximum Gasteiger partial charge on any atom is 0.248 e. The molecule has 0 aromatic carbocycles. The molecule has 112 valence electrons. The SMILES string of the molecule is O=c1cc[nH]cc1S(=O)(=O)N1CCCC(c2ccn[nH]2)C1. The standard InChI is InChI=1S/C13H16N4O3S/c18-12-4-5-14-8-13(12)21(19,20)17-7-1-2-10(9-17)11-3-6-15-16-11/h3-6,8,10H,1-2,7,9H2,(H,14,18)(H,15,16). The molecule has 1 saturated heterocycles. The Morgan fingerprint density at radius 1 is 1.33 bits per heavy atom. The number of nitrogens with zero attached hydrogens (tertiary/aromatic N) is 2. The fourth-order valence-electron chi connectivity index (χ4n) is 2.65. The summed E-state index contributed by atoms with van der Waals surface area (Å²) in [6.45, 7) is 0.792. The van der Waals surface area contributed by atoms with Crippen molar-refractivity contribution in [1.82, 2.24) is 19.5 Å². The summed E-state index contributed by atoms with van der Waals surface area (Å²) in [7, 11) is -3.76. The monoisotopic (exact) mass is 308 g/mol.